The number of hydrogen-bond acceptors (Lipinski definition) is 5. The summed E-state index contributed by atoms with van der Waals surface area (Å²) in [6.07, 6.45) is -0.191. The fraction of sp³-hybridized carbons (Fsp3) is 0.500. The molecule has 0 bridgehead atoms. The SMILES string of the molecule is CCNC(=NCC(C)Oc1cccc(F)c1)N(C)Cc1csc(C(C)OC)n1. The van der Waals surface area contributed by atoms with Gasteiger partial charge in [-0.3, -0.25) is 0 Å². The van der Waals surface area contributed by atoms with Crippen LogP contribution in [0.2, 0.25) is 0 Å². The Morgan fingerprint density at radius 3 is 2.86 bits per heavy atom. The third-order valence-electron chi connectivity index (χ3n) is 4.00. The molecule has 6 nitrogen and oxygen atoms in total. The molecule has 0 amide bonds. The average molecular weight is 409 g/mol. The third kappa shape index (κ3) is 6.76. The van der Waals surface area contributed by atoms with Crippen LogP contribution in [0, 0.1) is 5.82 Å². The molecular weight excluding hydrogens is 379 g/mol. The first-order valence-electron chi connectivity index (χ1n) is 9.31. The molecule has 0 fully saturated rings. The van der Waals surface area contributed by atoms with E-state index in [0.29, 0.717) is 18.8 Å². The number of guanidine groups is 1. The van der Waals surface area contributed by atoms with E-state index in [1.54, 1.807) is 30.6 Å². The highest BCUT2D eigenvalue weighted by atomic mass is 32.1. The topological polar surface area (TPSA) is 59.0 Å². The van der Waals surface area contributed by atoms with Crippen molar-refractivity contribution in [1.29, 1.82) is 0 Å². The lowest BCUT2D eigenvalue weighted by Crippen LogP contribution is -2.39. The second-order valence-electron chi connectivity index (χ2n) is 6.49. The first kappa shape index (κ1) is 22.1. The highest BCUT2D eigenvalue weighted by Crippen LogP contribution is 2.21. The minimum Gasteiger partial charge on any atom is -0.489 e. The number of halogens is 1. The summed E-state index contributed by atoms with van der Waals surface area (Å²) in [5, 5.41) is 6.29. The number of benzene rings is 1. The summed E-state index contributed by atoms with van der Waals surface area (Å²) >= 11 is 1.60. The number of aliphatic imine (C=N–C) groups is 1. The van der Waals surface area contributed by atoms with Crippen LogP contribution in [0.15, 0.2) is 34.6 Å². The normalized spacial score (nSPS) is 13.9. The smallest absolute Gasteiger partial charge is 0.194 e. The van der Waals surface area contributed by atoms with Crippen LogP contribution in [-0.4, -0.2) is 49.2 Å². The van der Waals surface area contributed by atoms with Crippen molar-refractivity contribution in [2.45, 2.75) is 39.5 Å². The van der Waals surface area contributed by atoms with Crippen LogP contribution in [0.5, 0.6) is 5.75 Å². The van der Waals surface area contributed by atoms with Gasteiger partial charge in [-0.1, -0.05) is 6.07 Å². The van der Waals surface area contributed by atoms with Gasteiger partial charge in [-0.15, -0.1) is 11.3 Å². The van der Waals surface area contributed by atoms with Crippen molar-refractivity contribution >= 4 is 17.3 Å². The van der Waals surface area contributed by atoms with Crippen molar-refractivity contribution in [3.8, 4) is 5.75 Å². The first-order chi connectivity index (χ1) is 13.4. The average Bonchev–Trinajstić information content (AvgIpc) is 3.12. The molecule has 2 unspecified atom stereocenters. The minimum absolute atomic E-state index is 0.00761. The van der Waals surface area contributed by atoms with Crippen molar-refractivity contribution < 1.29 is 13.9 Å². The van der Waals surface area contributed by atoms with Crippen LogP contribution >= 0.6 is 11.3 Å². The van der Waals surface area contributed by atoms with E-state index in [4.69, 9.17) is 9.47 Å². The summed E-state index contributed by atoms with van der Waals surface area (Å²) < 4.78 is 24.4. The molecule has 0 aliphatic carbocycles. The van der Waals surface area contributed by atoms with Crippen LogP contribution in [0.3, 0.4) is 0 Å². The van der Waals surface area contributed by atoms with E-state index >= 15 is 0 Å². The van der Waals surface area contributed by atoms with Gasteiger partial charge in [-0.05, 0) is 32.9 Å². The fourth-order valence-corrected chi connectivity index (χ4v) is 3.34. The van der Waals surface area contributed by atoms with E-state index in [2.05, 4.69) is 15.3 Å². The second-order valence-corrected chi connectivity index (χ2v) is 7.38. The molecule has 1 N–H and O–H groups in total. The summed E-state index contributed by atoms with van der Waals surface area (Å²) in [6.45, 7) is 7.77. The van der Waals surface area contributed by atoms with Gasteiger partial charge in [0.1, 0.15) is 28.8 Å². The molecule has 0 aliphatic heterocycles. The number of hydrogen-bond donors (Lipinski definition) is 1. The van der Waals surface area contributed by atoms with Gasteiger partial charge in [0, 0.05) is 32.1 Å². The first-order valence-corrected chi connectivity index (χ1v) is 10.2. The summed E-state index contributed by atoms with van der Waals surface area (Å²) in [7, 11) is 3.65. The zero-order valence-corrected chi connectivity index (χ0v) is 17.9. The lowest BCUT2D eigenvalue weighted by atomic mass is 10.3. The van der Waals surface area contributed by atoms with Crippen LogP contribution in [0.4, 0.5) is 4.39 Å². The Bertz CT molecular complexity index is 768. The maximum Gasteiger partial charge on any atom is 0.194 e. The number of methoxy groups -OCH3 is 1. The number of aromatic nitrogens is 1. The molecular formula is C20H29FN4O2S. The lowest BCUT2D eigenvalue weighted by Gasteiger charge is -2.22. The van der Waals surface area contributed by atoms with Crippen molar-refractivity contribution in [1.82, 2.24) is 15.2 Å². The van der Waals surface area contributed by atoms with Crippen molar-refractivity contribution in [3.05, 3.63) is 46.2 Å². The maximum absolute atomic E-state index is 13.3. The van der Waals surface area contributed by atoms with Crippen LogP contribution in [0.25, 0.3) is 0 Å². The Hall–Kier alpha value is -2.19. The van der Waals surface area contributed by atoms with Gasteiger partial charge in [0.05, 0.1) is 18.8 Å². The van der Waals surface area contributed by atoms with E-state index in [9.17, 15) is 4.39 Å². The highest BCUT2D eigenvalue weighted by molar-refractivity contribution is 7.09. The van der Waals surface area contributed by atoms with Gasteiger partial charge < -0.3 is 19.7 Å². The molecule has 1 aromatic heterocycles. The fourth-order valence-electron chi connectivity index (χ4n) is 2.50. The van der Waals surface area contributed by atoms with Gasteiger partial charge in [0.25, 0.3) is 0 Å². The molecule has 2 rings (SSSR count). The predicted molar refractivity (Wildman–Crippen MR) is 111 cm³/mol. The molecule has 0 spiro atoms. The molecule has 0 radical (unpaired) electrons. The van der Waals surface area contributed by atoms with Gasteiger partial charge in [-0.25, -0.2) is 14.4 Å². The van der Waals surface area contributed by atoms with Crippen molar-refractivity contribution in [3.63, 3.8) is 0 Å². The van der Waals surface area contributed by atoms with E-state index in [-0.39, 0.29) is 18.0 Å². The van der Waals surface area contributed by atoms with E-state index < -0.39 is 0 Å². The van der Waals surface area contributed by atoms with Crippen molar-refractivity contribution in [2.24, 2.45) is 4.99 Å². The van der Waals surface area contributed by atoms with Crippen molar-refractivity contribution in [2.75, 3.05) is 27.2 Å². The molecule has 0 saturated carbocycles. The Kier molecular flexibility index (Phi) is 8.66. The molecule has 2 atom stereocenters. The Labute approximate surface area is 170 Å². The minimum atomic E-state index is -0.313. The van der Waals surface area contributed by atoms with Crippen LogP contribution in [-0.2, 0) is 11.3 Å². The zero-order chi connectivity index (χ0) is 20.5. The zero-order valence-electron chi connectivity index (χ0n) is 17.1. The molecule has 28 heavy (non-hydrogen) atoms. The summed E-state index contributed by atoms with van der Waals surface area (Å²) in [5.74, 6) is 0.960. The van der Waals surface area contributed by atoms with Crippen LogP contribution in [0.1, 0.15) is 37.6 Å². The molecule has 154 valence electrons. The lowest BCUT2D eigenvalue weighted by molar-refractivity contribution is 0.119. The molecule has 0 aliphatic rings. The van der Waals surface area contributed by atoms with Gasteiger partial charge >= 0.3 is 0 Å². The Morgan fingerprint density at radius 1 is 1.39 bits per heavy atom. The molecule has 1 heterocycles. The van der Waals surface area contributed by atoms with E-state index in [0.717, 1.165) is 23.2 Å². The number of nitrogens with zero attached hydrogens (tertiary/aromatic N) is 3. The summed E-state index contributed by atoms with van der Waals surface area (Å²) in [6, 6.07) is 6.13. The van der Waals surface area contributed by atoms with E-state index in [1.165, 1.54) is 12.1 Å². The number of ether oxygens (including phenoxy) is 2. The van der Waals surface area contributed by atoms with Gasteiger partial charge in [0.15, 0.2) is 5.96 Å². The predicted octanol–water partition coefficient (Wildman–Crippen LogP) is 3.85. The number of thiazole rings is 1. The molecule has 2 aromatic rings. The number of nitrogens with one attached hydrogen (secondary N) is 1. The standard InChI is InChI=1S/C20H29FN4O2S/c1-6-22-20(23-11-14(2)27-18-9-7-8-16(21)10-18)25(4)12-17-13-28-19(24-17)15(3)26-5/h7-10,13-15H,6,11-12H2,1-5H3,(H,22,23). The van der Waals surface area contributed by atoms with Crippen LogP contribution < -0.4 is 10.1 Å². The van der Waals surface area contributed by atoms with Gasteiger partial charge in [0.2, 0.25) is 0 Å². The largest absolute Gasteiger partial charge is 0.489 e. The third-order valence-corrected chi connectivity index (χ3v) is 5.05. The maximum atomic E-state index is 13.3. The quantitative estimate of drug-likeness (QED) is 0.504. The van der Waals surface area contributed by atoms with E-state index in [1.807, 2.05) is 38.1 Å². The summed E-state index contributed by atoms with van der Waals surface area (Å²) in [4.78, 5) is 11.3. The molecule has 1 aromatic carbocycles. The number of rotatable bonds is 9. The summed E-state index contributed by atoms with van der Waals surface area (Å²) in [5.41, 5.74) is 0.973. The highest BCUT2D eigenvalue weighted by Gasteiger charge is 2.13. The Balaban J connectivity index is 1.97. The molecule has 0 saturated heterocycles. The monoisotopic (exact) mass is 408 g/mol. The second kappa shape index (κ2) is 11.0. The molecule has 8 heteroatoms. The Morgan fingerprint density at radius 2 is 2.18 bits per heavy atom. The van der Waals surface area contributed by atoms with Gasteiger partial charge in [-0.2, -0.15) is 0 Å².